The molecule has 0 aliphatic rings. The van der Waals surface area contributed by atoms with E-state index in [9.17, 15) is 14.7 Å². The third-order valence-corrected chi connectivity index (χ3v) is 2.16. The number of hydrogen-bond donors (Lipinski definition) is 2. The van der Waals surface area contributed by atoms with Gasteiger partial charge in [-0.2, -0.15) is 0 Å². The minimum absolute atomic E-state index is 0.129. The van der Waals surface area contributed by atoms with Gasteiger partial charge in [0.15, 0.2) is 11.6 Å². The lowest BCUT2D eigenvalue weighted by Crippen LogP contribution is -2.14. The standard InChI is InChI=1S/C11H13NO3/c1-6(13)8-3-4-9(11(12)15)10(5-8)7(2)14/h3-5,11,15H,12H2,1-2H3. The van der Waals surface area contributed by atoms with Crippen LogP contribution in [0.2, 0.25) is 0 Å². The molecule has 0 aromatic heterocycles. The average molecular weight is 207 g/mol. The molecule has 0 saturated heterocycles. The van der Waals surface area contributed by atoms with Gasteiger partial charge in [0.05, 0.1) is 0 Å². The molecule has 1 atom stereocenters. The highest BCUT2D eigenvalue weighted by Crippen LogP contribution is 2.17. The zero-order chi connectivity index (χ0) is 11.6. The summed E-state index contributed by atoms with van der Waals surface area (Å²) in [4.78, 5) is 22.4. The molecule has 1 rings (SSSR count). The Morgan fingerprint density at radius 3 is 2.27 bits per heavy atom. The van der Waals surface area contributed by atoms with Crippen molar-refractivity contribution in [2.24, 2.45) is 5.73 Å². The van der Waals surface area contributed by atoms with Crippen LogP contribution in [-0.4, -0.2) is 16.7 Å². The molecule has 0 radical (unpaired) electrons. The quantitative estimate of drug-likeness (QED) is 0.573. The number of ketones is 2. The molecule has 80 valence electrons. The van der Waals surface area contributed by atoms with Crippen molar-refractivity contribution in [3.05, 3.63) is 34.9 Å². The van der Waals surface area contributed by atoms with E-state index in [-0.39, 0.29) is 17.1 Å². The van der Waals surface area contributed by atoms with Crippen molar-refractivity contribution in [2.75, 3.05) is 0 Å². The van der Waals surface area contributed by atoms with E-state index < -0.39 is 6.23 Å². The number of carbonyl (C=O) groups excluding carboxylic acids is 2. The Labute approximate surface area is 87.7 Å². The summed E-state index contributed by atoms with van der Waals surface area (Å²) >= 11 is 0. The first-order chi connectivity index (χ1) is 6.93. The van der Waals surface area contributed by atoms with Crippen LogP contribution in [0.4, 0.5) is 0 Å². The highest BCUT2D eigenvalue weighted by Gasteiger charge is 2.13. The summed E-state index contributed by atoms with van der Waals surface area (Å²) in [5.74, 6) is -0.354. The molecular formula is C11H13NO3. The Morgan fingerprint density at radius 2 is 1.87 bits per heavy atom. The SMILES string of the molecule is CC(=O)c1ccc(C(N)O)c(C(C)=O)c1. The van der Waals surface area contributed by atoms with Crippen LogP contribution in [-0.2, 0) is 0 Å². The summed E-state index contributed by atoms with van der Waals surface area (Å²) in [5, 5.41) is 9.22. The fourth-order valence-electron chi connectivity index (χ4n) is 1.34. The fourth-order valence-corrected chi connectivity index (χ4v) is 1.34. The molecule has 0 spiro atoms. The summed E-state index contributed by atoms with van der Waals surface area (Å²) in [7, 11) is 0. The molecule has 1 aromatic rings. The van der Waals surface area contributed by atoms with E-state index in [4.69, 9.17) is 5.73 Å². The van der Waals surface area contributed by atoms with Gasteiger partial charge >= 0.3 is 0 Å². The normalized spacial score (nSPS) is 12.3. The van der Waals surface area contributed by atoms with E-state index in [1.165, 1.54) is 26.0 Å². The zero-order valence-corrected chi connectivity index (χ0v) is 8.65. The first-order valence-electron chi connectivity index (χ1n) is 4.53. The molecule has 1 aromatic carbocycles. The highest BCUT2D eigenvalue weighted by molar-refractivity contribution is 6.00. The van der Waals surface area contributed by atoms with Crippen molar-refractivity contribution >= 4 is 11.6 Å². The third-order valence-electron chi connectivity index (χ3n) is 2.16. The number of nitrogens with two attached hydrogens (primary N) is 1. The van der Waals surface area contributed by atoms with E-state index >= 15 is 0 Å². The zero-order valence-electron chi connectivity index (χ0n) is 8.65. The number of carbonyl (C=O) groups is 2. The maximum atomic E-state index is 11.3. The molecule has 4 nitrogen and oxygen atoms in total. The lowest BCUT2D eigenvalue weighted by atomic mass is 9.99. The van der Waals surface area contributed by atoms with Crippen LogP contribution < -0.4 is 5.73 Å². The number of aliphatic hydroxyl groups is 1. The molecule has 0 saturated carbocycles. The first-order valence-corrected chi connectivity index (χ1v) is 4.53. The van der Waals surface area contributed by atoms with Gasteiger partial charge in [0, 0.05) is 16.7 Å². The smallest absolute Gasteiger partial charge is 0.160 e. The second-order valence-electron chi connectivity index (χ2n) is 3.36. The Bertz CT molecular complexity index is 410. The molecule has 0 amide bonds. The number of rotatable bonds is 3. The van der Waals surface area contributed by atoms with Crippen LogP contribution in [0.1, 0.15) is 46.4 Å². The van der Waals surface area contributed by atoms with Crippen LogP contribution >= 0.6 is 0 Å². The van der Waals surface area contributed by atoms with E-state index in [2.05, 4.69) is 0 Å². The Hall–Kier alpha value is -1.52. The van der Waals surface area contributed by atoms with E-state index in [0.717, 1.165) is 0 Å². The summed E-state index contributed by atoms with van der Waals surface area (Å²) in [5.41, 5.74) is 6.36. The van der Waals surface area contributed by atoms with Crippen LogP contribution in [0.3, 0.4) is 0 Å². The number of Topliss-reactive ketones (excluding diaryl/α,β-unsaturated/α-hetero) is 2. The van der Waals surface area contributed by atoms with Crippen molar-refractivity contribution in [1.29, 1.82) is 0 Å². The molecular weight excluding hydrogens is 194 g/mol. The summed E-state index contributed by atoms with van der Waals surface area (Å²) in [6.07, 6.45) is -1.20. The summed E-state index contributed by atoms with van der Waals surface area (Å²) in [6.45, 7) is 2.78. The van der Waals surface area contributed by atoms with E-state index in [1.54, 1.807) is 6.07 Å². The molecule has 0 aliphatic carbocycles. The minimum Gasteiger partial charge on any atom is -0.375 e. The molecule has 15 heavy (non-hydrogen) atoms. The highest BCUT2D eigenvalue weighted by atomic mass is 16.3. The first kappa shape index (κ1) is 11.6. The third kappa shape index (κ3) is 2.49. The number of aliphatic hydroxyl groups excluding tert-OH is 1. The van der Waals surface area contributed by atoms with Gasteiger partial charge in [-0.3, -0.25) is 9.59 Å². The summed E-state index contributed by atoms with van der Waals surface area (Å²) < 4.78 is 0. The van der Waals surface area contributed by atoms with Gasteiger partial charge in [-0.05, 0) is 19.9 Å². The fraction of sp³-hybridized carbons (Fsp3) is 0.273. The average Bonchev–Trinajstić information content (AvgIpc) is 2.16. The van der Waals surface area contributed by atoms with E-state index in [0.29, 0.717) is 11.1 Å². The van der Waals surface area contributed by atoms with Gasteiger partial charge < -0.3 is 10.8 Å². The van der Waals surface area contributed by atoms with Crippen LogP contribution in [0.15, 0.2) is 18.2 Å². The second kappa shape index (κ2) is 4.33. The van der Waals surface area contributed by atoms with E-state index in [1.807, 2.05) is 0 Å². The van der Waals surface area contributed by atoms with Crippen molar-refractivity contribution < 1.29 is 14.7 Å². The van der Waals surface area contributed by atoms with Gasteiger partial charge in [-0.1, -0.05) is 12.1 Å². The topological polar surface area (TPSA) is 80.4 Å². The Kier molecular flexibility index (Phi) is 3.34. The van der Waals surface area contributed by atoms with Crippen molar-refractivity contribution in [3.63, 3.8) is 0 Å². The van der Waals surface area contributed by atoms with Crippen molar-refractivity contribution in [3.8, 4) is 0 Å². The summed E-state index contributed by atoms with van der Waals surface area (Å²) in [6, 6.07) is 4.49. The Morgan fingerprint density at radius 1 is 1.27 bits per heavy atom. The molecule has 4 heteroatoms. The monoisotopic (exact) mass is 207 g/mol. The van der Waals surface area contributed by atoms with Crippen LogP contribution in [0.5, 0.6) is 0 Å². The van der Waals surface area contributed by atoms with Gasteiger partial charge in [-0.15, -0.1) is 0 Å². The predicted molar refractivity (Wildman–Crippen MR) is 55.6 cm³/mol. The van der Waals surface area contributed by atoms with Crippen molar-refractivity contribution in [2.45, 2.75) is 20.1 Å². The molecule has 0 aliphatic heterocycles. The number of benzene rings is 1. The maximum absolute atomic E-state index is 11.3. The van der Waals surface area contributed by atoms with Gasteiger partial charge in [0.25, 0.3) is 0 Å². The lowest BCUT2D eigenvalue weighted by molar-refractivity contribution is 0.101. The largest absolute Gasteiger partial charge is 0.375 e. The van der Waals surface area contributed by atoms with Crippen LogP contribution in [0.25, 0.3) is 0 Å². The molecule has 3 N–H and O–H groups in total. The molecule has 1 unspecified atom stereocenters. The van der Waals surface area contributed by atoms with Gasteiger partial charge in [-0.25, -0.2) is 0 Å². The lowest BCUT2D eigenvalue weighted by Gasteiger charge is -2.10. The molecule has 0 heterocycles. The van der Waals surface area contributed by atoms with Crippen LogP contribution in [0, 0.1) is 0 Å². The second-order valence-corrected chi connectivity index (χ2v) is 3.36. The number of hydrogen-bond acceptors (Lipinski definition) is 4. The van der Waals surface area contributed by atoms with Gasteiger partial charge in [0.2, 0.25) is 0 Å². The van der Waals surface area contributed by atoms with Gasteiger partial charge in [0.1, 0.15) is 6.23 Å². The maximum Gasteiger partial charge on any atom is 0.160 e. The van der Waals surface area contributed by atoms with Crippen molar-refractivity contribution in [1.82, 2.24) is 0 Å². The molecule has 0 bridgehead atoms. The minimum atomic E-state index is -1.20. The predicted octanol–water partition coefficient (Wildman–Crippen LogP) is 1.04. The Balaban J connectivity index is 3.33. The molecule has 0 fully saturated rings.